The summed E-state index contributed by atoms with van der Waals surface area (Å²) in [5.41, 5.74) is 0. The first-order chi connectivity index (χ1) is 46.2. The number of carbonyl (C=O) groups is 3. The van der Waals surface area contributed by atoms with Gasteiger partial charge in [-0.15, -0.1) is 0 Å². The molecular weight excluding hydrogens is 1240 g/mol. The monoisotopic (exact) mass is 1370 g/mol. The predicted molar refractivity (Wildman–Crippen MR) is 390 cm³/mol. The van der Waals surface area contributed by atoms with Gasteiger partial charge in [0.2, 0.25) is 0 Å². The molecule has 0 rings (SSSR count). The highest BCUT2D eigenvalue weighted by Crippen LogP contribution is 2.45. The maximum Gasteiger partial charge on any atom is 0.472 e. The fraction of sp³-hybridized carbons (Fsp3) is 0.675. The van der Waals surface area contributed by atoms with Crippen molar-refractivity contribution in [3.63, 3.8) is 0 Å². The highest BCUT2D eigenvalue weighted by atomic mass is 31.2. The number of allylic oxidation sites excluding steroid dienone is 22. The molecule has 5 unspecified atom stereocenters. The third-order valence-electron chi connectivity index (χ3n) is 14.9. The minimum absolute atomic E-state index is 0.0944. The Kier molecular flexibility index (Phi) is 66.4. The molecule has 0 aliphatic carbocycles. The van der Waals surface area contributed by atoms with Gasteiger partial charge in [-0.25, -0.2) is 9.13 Å². The predicted octanol–water partition coefficient (Wildman–Crippen LogP) is 20.8. The summed E-state index contributed by atoms with van der Waals surface area (Å²) in [6.07, 6.45) is 82.2. The number of hydrogen-bond acceptors (Lipinski definition) is 14. The van der Waals surface area contributed by atoms with Gasteiger partial charge in [0.25, 0.3) is 0 Å². The van der Waals surface area contributed by atoms with Crippen LogP contribution in [0.4, 0.5) is 0 Å². The van der Waals surface area contributed by atoms with Gasteiger partial charge >= 0.3 is 33.6 Å². The van der Waals surface area contributed by atoms with Gasteiger partial charge < -0.3 is 34.2 Å². The van der Waals surface area contributed by atoms with E-state index in [1.54, 1.807) is 0 Å². The largest absolute Gasteiger partial charge is 0.472 e. The lowest BCUT2D eigenvalue weighted by molar-refractivity contribution is -0.161. The quantitative estimate of drug-likeness (QED) is 0.0146. The van der Waals surface area contributed by atoms with Crippen molar-refractivity contribution in [1.82, 2.24) is 0 Å². The molecule has 0 fully saturated rings. The molecule has 16 nitrogen and oxygen atoms in total. The van der Waals surface area contributed by atoms with Crippen LogP contribution in [0.25, 0.3) is 0 Å². The van der Waals surface area contributed by atoms with Crippen molar-refractivity contribution in [2.75, 3.05) is 39.6 Å². The molecule has 0 aromatic carbocycles. The Labute approximate surface area is 575 Å². The van der Waals surface area contributed by atoms with Crippen molar-refractivity contribution < 1.29 is 75.8 Å². The highest BCUT2D eigenvalue weighted by molar-refractivity contribution is 7.47. The smallest absolute Gasteiger partial charge is 0.463 e. The van der Waals surface area contributed by atoms with E-state index in [9.17, 15) is 43.5 Å². The first-order valence-electron chi connectivity index (χ1n) is 36.5. The van der Waals surface area contributed by atoms with E-state index in [0.29, 0.717) is 19.3 Å². The molecule has 0 aliphatic heterocycles. The van der Waals surface area contributed by atoms with Gasteiger partial charge in [0.15, 0.2) is 6.10 Å². The van der Waals surface area contributed by atoms with Crippen LogP contribution in [-0.2, 0) is 55.8 Å². The summed E-state index contributed by atoms with van der Waals surface area (Å²) >= 11 is 0. The van der Waals surface area contributed by atoms with Gasteiger partial charge in [-0.2, -0.15) is 0 Å². The van der Waals surface area contributed by atoms with E-state index in [1.165, 1.54) is 77.0 Å². The van der Waals surface area contributed by atoms with Crippen LogP contribution >= 0.6 is 15.6 Å². The maximum atomic E-state index is 12.9. The Morgan fingerprint density at radius 3 is 0.905 bits per heavy atom. The molecule has 18 heteroatoms. The highest BCUT2D eigenvalue weighted by Gasteiger charge is 2.29. The molecule has 544 valence electrons. The molecule has 0 spiro atoms. The normalized spacial score (nSPS) is 14.9. The van der Waals surface area contributed by atoms with Crippen LogP contribution < -0.4 is 0 Å². The number of rotatable bonds is 68. The maximum absolute atomic E-state index is 12.9. The van der Waals surface area contributed by atoms with E-state index < -0.39 is 91.5 Å². The van der Waals surface area contributed by atoms with Crippen LogP contribution in [0.15, 0.2) is 134 Å². The van der Waals surface area contributed by atoms with Crippen molar-refractivity contribution in [1.29, 1.82) is 0 Å². The van der Waals surface area contributed by atoms with Crippen LogP contribution in [0.1, 0.15) is 278 Å². The van der Waals surface area contributed by atoms with E-state index in [-0.39, 0.29) is 19.3 Å². The molecule has 0 saturated heterocycles. The fourth-order valence-corrected chi connectivity index (χ4v) is 10.9. The number of ether oxygens (including phenoxy) is 3. The average Bonchev–Trinajstić information content (AvgIpc) is 1.83. The molecule has 0 aromatic heterocycles. The zero-order valence-electron chi connectivity index (χ0n) is 59.0. The van der Waals surface area contributed by atoms with Gasteiger partial charge in [-0.05, 0) is 116 Å². The second-order valence-corrected chi connectivity index (χ2v) is 26.9. The van der Waals surface area contributed by atoms with E-state index in [1.807, 2.05) is 0 Å². The number of esters is 3. The summed E-state index contributed by atoms with van der Waals surface area (Å²) in [6, 6.07) is 0. The molecule has 4 N–H and O–H groups in total. The van der Waals surface area contributed by atoms with Crippen molar-refractivity contribution in [3.8, 4) is 0 Å². The summed E-state index contributed by atoms with van der Waals surface area (Å²) in [4.78, 5) is 58.5. The zero-order chi connectivity index (χ0) is 69.5. The number of unbranched alkanes of at least 4 members (excludes halogenated alkanes) is 23. The molecule has 0 aromatic rings. The molecule has 0 heterocycles. The number of phosphoric acid groups is 2. The Balaban J connectivity index is 4.62. The molecule has 5 atom stereocenters. The fourth-order valence-electron chi connectivity index (χ4n) is 9.36. The lowest BCUT2D eigenvalue weighted by Gasteiger charge is -2.21. The Morgan fingerprint density at radius 1 is 0.305 bits per heavy atom. The Bertz CT molecular complexity index is 2260. The van der Waals surface area contributed by atoms with Gasteiger partial charge in [0, 0.05) is 19.3 Å². The van der Waals surface area contributed by atoms with Crippen LogP contribution in [-0.4, -0.2) is 95.9 Å². The first-order valence-corrected chi connectivity index (χ1v) is 39.5. The zero-order valence-corrected chi connectivity index (χ0v) is 60.8. The Morgan fingerprint density at radius 2 is 0.558 bits per heavy atom. The van der Waals surface area contributed by atoms with Crippen LogP contribution in [0.3, 0.4) is 0 Å². The van der Waals surface area contributed by atoms with Crippen molar-refractivity contribution in [2.45, 2.75) is 296 Å². The molecule has 0 saturated carbocycles. The molecule has 0 amide bonds. The van der Waals surface area contributed by atoms with Gasteiger partial charge in [-0.1, -0.05) is 276 Å². The number of phosphoric ester groups is 2. The Hall–Kier alpha value is -4.31. The van der Waals surface area contributed by atoms with Crippen LogP contribution in [0.2, 0.25) is 0 Å². The summed E-state index contributed by atoms with van der Waals surface area (Å²) in [7, 11) is -9.80. The molecule has 0 bridgehead atoms. The molecular formula is C77H130O16P2. The van der Waals surface area contributed by atoms with E-state index in [2.05, 4.69) is 154 Å². The van der Waals surface area contributed by atoms with Gasteiger partial charge in [0.05, 0.1) is 26.4 Å². The SMILES string of the molecule is CC/C=C\C/C=C\C/C=C\C/C=C\C/C=C\C/C=C\CCCCC(=O)OCC(COP(=O)(O)OCC(O)COP(=O)(O)OCC(O)COC(=O)CCCCCCCCCCC/C=C\C/C=C\C/C=C\C/C=C\C/C=C\CC)OC(=O)CCCCCCCCCCCCCCC. The lowest BCUT2D eigenvalue weighted by Crippen LogP contribution is -2.30. The van der Waals surface area contributed by atoms with Crippen molar-refractivity contribution in [3.05, 3.63) is 134 Å². The van der Waals surface area contributed by atoms with Gasteiger partial charge in [-0.3, -0.25) is 32.5 Å². The minimum Gasteiger partial charge on any atom is -0.463 e. The third kappa shape index (κ3) is 70.8. The van der Waals surface area contributed by atoms with Crippen LogP contribution in [0.5, 0.6) is 0 Å². The lowest BCUT2D eigenvalue weighted by atomic mass is 10.0. The second kappa shape index (κ2) is 69.6. The molecule has 95 heavy (non-hydrogen) atoms. The molecule has 0 aliphatic rings. The van der Waals surface area contributed by atoms with Gasteiger partial charge in [0.1, 0.15) is 25.4 Å². The third-order valence-corrected chi connectivity index (χ3v) is 16.8. The molecule has 0 radical (unpaired) electrons. The summed E-state index contributed by atoms with van der Waals surface area (Å²) in [5.74, 6) is -1.63. The average molecular weight is 1370 g/mol. The second-order valence-electron chi connectivity index (χ2n) is 24.0. The minimum atomic E-state index is -4.94. The first kappa shape index (κ1) is 90.7. The van der Waals surface area contributed by atoms with E-state index in [4.69, 9.17) is 32.3 Å². The summed E-state index contributed by atoms with van der Waals surface area (Å²) < 4.78 is 60.9. The standard InChI is InChI=1S/C77H130O16P2/c1-4-7-10-13-16-19-22-25-27-29-31-33-34-35-36-38-40-41-43-46-48-51-54-57-60-63-75(80)87-66-72(78)67-89-94(83,84)90-68-73(79)69-91-95(85,86)92-71-74(93-77(82)65-62-59-56-53-50-45-24-21-18-15-12-9-6-3)70-88-76(81)64-61-58-55-52-49-47-44-42-39-37-32-30-28-26-23-20-17-14-11-8-5-2/h7-8,10-11,16-17,19-20,25-28,31-33,35-37,42,44,49,52,72-74,78-79H,4-6,9,12-15,18,21-24,29-30,34,38-41,43,45-48,50-51,53-71H2,1-3H3,(H,83,84)(H,85,86)/b10-7-,11-8-,19-16-,20-17-,27-25-,28-26-,33-31-,36-35-,37-32-,44-42-,52-49-. The number of carbonyl (C=O) groups excluding carboxylic acids is 3. The van der Waals surface area contributed by atoms with E-state index >= 15 is 0 Å². The van der Waals surface area contributed by atoms with Crippen LogP contribution in [0, 0.1) is 0 Å². The topological polar surface area (TPSA) is 231 Å². The van der Waals surface area contributed by atoms with E-state index in [0.717, 1.165) is 141 Å². The number of aliphatic hydroxyl groups is 2. The van der Waals surface area contributed by atoms with Crippen molar-refractivity contribution in [2.24, 2.45) is 0 Å². The summed E-state index contributed by atoms with van der Waals surface area (Å²) in [6.45, 7) is 2.39. The van der Waals surface area contributed by atoms with Crippen molar-refractivity contribution >= 4 is 33.6 Å². The number of aliphatic hydroxyl groups excluding tert-OH is 2. The number of hydrogen-bond donors (Lipinski definition) is 4. The summed E-state index contributed by atoms with van der Waals surface area (Å²) in [5, 5.41) is 20.6.